The van der Waals surface area contributed by atoms with Crippen molar-refractivity contribution < 1.29 is 13.6 Å². The number of furan rings is 1. The van der Waals surface area contributed by atoms with Gasteiger partial charge in [-0.25, -0.2) is 0 Å². The normalized spacial score (nSPS) is 10.8. The summed E-state index contributed by atoms with van der Waals surface area (Å²) in [5.74, 6) is 1.38. The first-order valence-electron chi connectivity index (χ1n) is 9.18. The second kappa shape index (κ2) is 9.45. The number of aromatic nitrogens is 2. The molecule has 1 amide bonds. The topological polar surface area (TPSA) is 75.6 Å². The molecule has 0 saturated carbocycles. The number of carbonyl (C=O) groups excluding carboxylic acids is 1. The van der Waals surface area contributed by atoms with Crippen LogP contribution in [0.5, 0.6) is 0 Å². The van der Waals surface area contributed by atoms with Crippen molar-refractivity contribution in [1.29, 1.82) is 0 Å². The standard InChI is InChI=1S/C20H24N4O3S/c1-4-24(5-2)16-10-8-15(9-11-16)19-21-22-20(27-19)28-14-18(25)23(3)13-17-7-6-12-26-17/h6-12H,4-5,13-14H2,1-3H3. The number of amides is 1. The van der Waals surface area contributed by atoms with E-state index in [0.29, 0.717) is 17.7 Å². The highest BCUT2D eigenvalue weighted by atomic mass is 32.2. The van der Waals surface area contributed by atoms with Crippen LogP contribution in [0.25, 0.3) is 11.5 Å². The zero-order valence-electron chi connectivity index (χ0n) is 16.3. The molecule has 8 heteroatoms. The van der Waals surface area contributed by atoms with Crippen molar-refractivity contribution in [3.05, 3.63) is 48.4 Å². The Morgan fingerprint density at radius 1 is 1.11 bits per heavy atom. The number of hydrogen-bond donors (Lipinski definition) is 0. The molecule has 2 heterocycles. The Labute approximate surface area is 168 Å². The lowest BCUT2D eigenvalue weighted by Crippen LogP contribution is -2.27. The molecule has 0 N–H and O–H groups in total. The van der Waals surface area contributed by atoms with Gasteiger partial charge < -0.3 is 18.6 Å². The fourth-order valence-corrected chi connectivity index (χ4v) is 3.45. The van der Waals surface area contributed by atoms with Crippen molar-refractivity contribution in [2.45, 2.75) is 25.6 Å². The number of benzene rings is 1. The van der Waals surface area contributed by atoms with E-state index in [1.165, 1.54) is 11.8 Å². The van der Waals surface area contributed by atoms with E-state index in [0.717, 1.165) is 30.1 Å². The van der Waals surface area contributed by atoms with Crippen molar-refractivity contribution in [2.24, 2.45) is 0 Å². The van der Waals surface area contributed by atoms with Crippen molar-refractivity contribution in [1.82, 2.24) is 15.1 Å². The van der Waals surface area contributed by atoms with E-state index in [4.69, 9.17) is 8.83 Å². The van der Waals surface area contributed by atoms with Crippen LogP contribution in [-0.4, -0.2) is 46.9 Å². The maximum Gasteiger partial charge on any atom is 0.277 e. The molecule has 0 spiro atoms. The van der Waals surface area contributed by atoms with Crippen LogP contribution in [0, 0.1) is 0 Å². The van der Waals surface area contributed by atoms with E-state index in [1.807, 2.05) is 30.3 Å². The molecule has 0 unspecified atom stereocenters. The molecule has 0 aliphatic rings. The molecule has 0 aliphatic heterocycles. The first-order chi connectivity index (χ1) is 13.6. The van der Waals surface area contributed by atoms with Gasteiger partial charge in [-0.05, 0) is 50.2 Å². The molecule has 3 rings (SSSR count). The molecule has 0 radical (unpaired) electrons. The molecule has 0 bridgehead atoms. The maximum absolute atomic E-state index is 12.2. The van der Waals surface area contributed by atoms with Crippen LogP contribution in [-0.2, 0) is 11.3 Å². The third-order valence-electron chi connectivity index (χ3n) is 4.37. The van der Waals surface area contributed by atoms with Gasteiger partial charge in [0.05, 0.1) is 18.6 Å². The highest BCUT2D eigenvalue weighted by Crippen LogP contribution is 2.25. The summed E-state index contributed by atoms with van der Waals surface area (Å²) in [6, 6.07) is 11.7. The Morgan fingerprint density at radius 2 is 1.86 bits per heavy atom. The van der Waals surface area contributed by atoms with Crippen molar-refractivity contribution in [3.63, 3.8) is 0 Å². The Bertz CT molecular complexity index is 873. The van der Waals surface area contributed by atoms with E-state index >= 15 is 0 Å². The monoisotopic (exact) mass is 400 g/mol. The van der Waals surface area contributed by atoms with Crippen molar-refractivity contribution >= 4 is 23.4 Å². The van der Waals surface area contributed by atoms with Gasteiger partial charge in [0.2, 0.25) is 11.8 Å². The largest absolute Gasteiger partial charge is 0.467 e. The van der Waals surface area contributed by atoms with Crippen molar-refractivity contribution in [3.8, 4) is 11.5 Å². The van der Waals surface area contributed by atoms with Gasteiger partial charge in [0.25, 0.3) is 5.22 Å². The van der Waals surface area contributed by atoms with Crippen LogP contribution >= 0.6 is 11.8 Å². The quantitative estimate of drug-likeness (QED) is 0.504. The first-order valence-corrected chi connectivity index (χ1v) is 10.2. The Kier molecular flexibility index (Phi) is 6.76. The van der Waals surface area contributed by atoms with Crippen LogP contribution in [0.4, 0.5) is 5.69 Å². The van der Waals surface area contributed by atoms with E-state index in [1.54, 1.807) is 24.3 Å². The molecule has 2 aromatic heterocycles. The summed E-state index contributed by atoms with van der Waals surface area (Å²) >= 11 is 1.23. The molecule has 0 atom stereocenters. The summed E-state index contributed by atoms with van der Waals surface area (Å²) in [5, 5.41) is 8.51. The zero-order valence-corrected chi connectivity index (χ0v) is 17.1. The number of rotatable bonds is 9. The summed E-state index contributed by atoms with van der Waals surface area (Å²) < 4.78 is 11.0. The van der Waals surface area contributed by atoms with E-state index in [2.05, 4.69) is 28.9 Å². The summed E-state index contributed by atoms with van der Waals surface area (Å²) in [6.07, 6.45) is 1.59. The smallest absolute Gasteiger partial charge is 0.277 e. The number of anilines is 1. The minimum atomic E-state index is -0.0373. The molecule has 0 fully saturated rings. The lowest BCUT2D eigenvalue weighted by molar-refractivity contribution is -0.127. The highest BCUT2D eigenvalue weighted by molar-refractivity contribution is 7.99. The first kappa shape index (κ1) is 20.0. The summed E-state index contributed by atoms with van der Waals surface area (Å²) in [4.78, 5) is 16.1. The minimum Gasteiger partial charge on any atom is -0.467 e. The lowest BCUT2D eigenvalue weighted by Gasteiger charge is -2.20. The number of carbonyl (C=O) groups is 1. The second-order valence-corrected chi connectivity index (χ2v) is 7.14. The Balaban J connectivity index is 1.56. The second-order valence-electron chi connectivity index (χ2n) is 6.21. The van der Waals surface area contributed by atoms with Crippen LogP contribution in [0.15, 0.2) is 56.7 Å². The lowest BCUT2D eigenvalue weighted by atomic mass is 10.2. The van der Waals surface area contributed by atoms with E-state index < -0.39 is 0 Å². The fraction of sp³-hybridized carbons (Fsp3) is 0.350. The van der Waals surface area contributed by atoms with Gasteiger partial charge in [-0.3, -0.25) is 4.79 Å². The molecule has 0 saturated heterocycles. The van der Waals surface area contributed by atoms with E-state index in [9.17, 15) is 4.79 Å². The van der Waals surface area contributed by atoms with Gasteiger partial charge in [0.15, 0.2) is 0 Å². The number of nitrogens with zero attached hydrogens (tertiary/aromatic N) is 4. The highest BCUT2D eigenvalue weighted by Gasteiger charge is 2.15. The van der Waals surface area contributed by atoms with Crippen molar-refractivity contribution in [2.75, 3.05) is 30.8 Å². The Morgan fingerprint density at radius 3 is 2.50 bits per heavy atom. The van der Waals surface area contributed by atoms with Crippen LogP contribution < -0.4 is 4.90 Å². The van der Waals surface area contributed by atoms with Gasteiger partial charge in [-0.15, -0.1) is 10.2 Å². The molecule has 3 aromatic rings. The molecule has 28 heavy (non-hydrogen) atoms. The van der Waals surface area contributed by atoms with E-state index in [-0.39, 0.29) is 11.7 Å². The number of hydrogen-bond acceptors (Lipinski definition) is 7. The average Bonchev–Trinajstić information content (AvgIpc) is 3.39. The summed E-state index contributed by atoms with van der Waals surface area (Å²) in [6.45, 7) is 6.61. The SMILES string of the molecule is CCN(CC)c1ccc(-c2nnc(SCC(=O)N(C)Cc3ccco3)o2)cc1. The zero-order chi connectivity index (χ0) is 19.9. The molecule has 0 aliphatic carbocycles. The summed E-state index contributed by atoms with van der Waals surface area (Å²) in [5.41, 5.74) is 2.02. The van der Waals surface area contributed by atoms with Gasteiger partial charge in [-0.2, -0.15) is 0 Å². The maximum atomic E-state index is 12.2. The van der Waals surface area contributed by atoms with Gasteiger partial charge in [-0.1, -0.05) is 11.8 Å². The predicted octanol–water partition coefficient (Wildman–Crippen LogP) is 3.93. The summed E-state index contributed by atoms with van der Waals surface area (Å²) in [7, 11) is 1.74. The minimum absolute atomic E-state index is 0.0373. The molecular formula is C20H24N4O3S. The number of thioether (sulfide) groups is 1. The molecular weight excluding hydrogens is 376 g/mol. The van der Waals surface area contributed by atoms with Gasteiger partial charge >= 0.3 is 0 Å². The fourth-order valence-electron chi connectivity index (χ4n) is 2.75. The molecule has 1 aromatic carbocycles. The predicted molar refractivity (Wildman–Crippen MR) is 109 cm³/mol. The molecule has 148 valence electrons. The van der Waals surface area contributed by atoms with Crippen LogP contribution in [0.1, 0.15) is 19.6 Å². The van der Waals surface area contributed by atoms with Crippen LogP contribution in [0.3, 0.4) is 0 Å². The third kappa shape index (κ3) is 4.95. The average molecular weight is 401 g/mol. The van der Waals surface area contributed by atoms with Gasteiger partial charge in [0, 0.05) is 31.4 Å². The van der Waals surface area contributed by atoms with Gasteiger partial charge in [0.1, 0.15) is 5.76 Å². The third-order valence-corrected chi connectivity index (χ3v) is 5.17. The molecule has 7 nitrogen and oxygen atoms in total. The van der Waals surface area contributed by atoms with Crippen LogP contribution in [0.2, 0.25) is 0 Å². The Hall–Kier alpha value is -2.74.